The Balaban J connectivity index is 1.97. The fourth-order valence-corrected chi connectivity index (χ4v) is 1.63. The van der Waals surface area contributed by atoms with E-state index in [2.05, 4.69) is 5.32 Å². The minimum Gasteiger partial charge on any atom is -0.482 e. The molecule has 3 N–H and O–H groups in total. The molecule has 0 aliphatic carbocycles. The predicted octanol–water partition coefficient (Wildman–Crippen LogP) is 2.16. The Morgan fingerprint density at radius 1 is 1.20 bits per heavy atom. The summed E-state index contributed by atoms with van der Waals surface area (Å²) in [6, 6.07) is 15.7. The van der Waals surface area contributed by atoms with E-state index >= 15 is 0 Å². The number of carbonyl (C=O) groups is 1. The van der Waals surface area contributed by atoms with E-state index < -0.39 is 0 Å². The zero-order valence-electron chi connectivity index (χ0n) is 10.7. The van der Waals surface area contributed by atoms with E-state index in [9.17, 15) is 4.79 Å². The van der Waals surface area contributed by atoms with Crippen molar-refractivity contribution in [1.82, 2.24) is 0 Å². The molecule has 0 unspecified atom stereocenters. The van der Waals surface area contributed by atoms with E-state index in [-0.39, 0.29) is 12.5 Å². The number of rotatable bonds is 4. The number of hydrogen-bond donors (Lipinski definition) is 2. The molecule has 0 saturated carbocycles. The van der Waals surface area contributed by atoms with Gasteiger partial charge in [0.1, 0.15) is 11.8 Å². The first-order valence-electron chi connectivity index (χ1n) is 5.97. The van der Waals surface area contributed by atoms with Crippen LogP contribution in [0.4, 0.5) is 11.4 Å². The number of nitrogens with zero attached hydrogens (tertiary/aromatic N) is 1. The second-order valence-corrected chi connectivity index (χ2v) is 4.03. The maximum atomic E-state index is 11.8. The predicted molar refractivity (Wildman–Crippen MR) is 76.1 cm³/mol. The molecule has 2 aromatic carbocycles. The van der Waals surface area contributed by atoms with Crippen LogP contribution in [0.15, 0.2) is 48.5 Å². The van der Waals surface area contributed by atoms with Crippen molar-refractivity contribution in [2.24, 2.45) is 0 Å². The van der Waals surface area contributed by atoms with Gasteiger partial charge in [-0.1, -0.05) is 24.3 Å². The summed E-state index contributed by atoms with van der Waals surface area (Å²) in [5, 5.41) is 11.6. The molecule has 0 aliphatic heterocycles. The molecule has 5 nitrogen and oxygen atoms in total. The number of anilines is 2. The smallest absolute Gasteiger partial charge is 0.262 e. The third-order valence-corrected chi connectivity index (χ3v) is 2.60. The summed E-state index contributed by atoms with van der Waals surface area (Å²) in [4.78, 5) is 11.8. The second kappa shape index (κ2) is 6.25. The molecular formula is C15H13N3O2. The Labute approximate surface area is 116 Å². The largest absolute Gasteiger partial charge is 0.482 e. The van der Waals surface area contributed by atoms with Crippen molar-refractivity contribution < 1.29 is 9.53 Å². The average Bonchev–Trinajstić information content (AvgIpc) is 2.47. The number of benzene rings is 2. The summed E-state index contributed by atoms with van der Waals surface area (Å²) in [6.07, 6.45) is 0. The van der Waals surface area contributed by atoms with Crippen LogP contribution >= 0.6 is 0 Å². The van der Waals surface area contributed by atoms with E-state index in [4.69, 9.17) is 15.7 Å². The van der Waals surface area contributed by atoms with E-state index in [1.807, 2.05) is 6.07 Å². The Hall–Kier alpha value is -3.00. The summed E-state index contributed by atoms with van der Waals surface area (Å²) in [6.45, 7) is -0.173. The molecule has 0 fully saturated rings. The lowest BCUT2D eigenvalue weighted by molar-refractivity contribution is -0.118. The van der Waals surface area contributed by atoms with Crippen molar-refractivity contribution in [1.29, 1.82) is 5.26 Å². The van der Waals surface area contributed by atoms with Crippen LogP contribution < -0.4 is 15.8 Å². The molecule has 0 bridgehead atoms. The topological polar surface area (TPSA) is 88.1 Å². The lowest BCUT2D eigenvalue weighted by Crippen LogP contribution is -2.21. The van der Waals surface area contributed by atoms with E-state index in [0.29, 0.717) is 22.7 Å². The molecule has 0 heterocycles. The van der Waals surface area contributed by atoms with Crippen LogP contribution in [-0.2, 0) is 4.79 Å². The fourth-order valence-electron chi connectivity index (χ4n) is 1.63. The Bertz CT molecular complexity index is 662. The van der Waals surface area contributed by atoms with Crippen LogP contribution in [0.3, 0.4) is 0 Å². The first-order valence-corrected chi connectivity index (χ1v) is 5.97. The number of amides is 1. The number of nitrogen functional groups attached to an aromatic ring is 1. The fraction of sp³-hybridized carbons (Fsp3) is 0.0667. The molecule has 5 heteroatoms. The molecular weight excluding hydrogens is 254 g/mol. The van der Waals surface area contributed by atoms with Crippen molar-refractivity contribution in [3.05, 3.63) is 54.1 Å². The summed E-state index contributed by atoms with van der Waals surface area (Å²) in [5.41, 5.74) is 7.04. The minimum absolute atomic E-state index is 0.173. The first kappa shape index (κ1) is 13.4. The van der Waals surface area contributed by atoms with Gasteiger partial charge in [0.25, 0.3) is 5.91 Å². The van der Waals surface area contributed by atoms with Gasteiger partial charge in [-0.2, -0.15) is 5.26 Å². The highest BCUT2D eigenvalue weighted by atomic mass is 16.5. The number of hydrogen-bond acceptors (Lipinski definition) is 4. The number of nitrogens with one attached hydrogen (secondary N) is 1. The zero-order valence-corrected chi connectivity index (χ0v) is 10.7. The number of carbonyl (C=O) groups excluding carboxylic acids is 1. The number of nitrogens with two attached hydrogens (primary N) is 1. The third kappa shape index (κ3) is 3.27. The van der Waals surface area contributed by atoms with Crippen LogP contribution in [-0.4, -0.2) is 12.5 Å². The van der Waals surface area contributed by atoms with Crippen LogP contribution in [0.25, 0.3) is 0 Å². The number of ether oxygens (including phenoxy) is 1. The van der Waals surface area contributed by atoms with E-state index in [1.54, 1.807) is 48.5 Å². The highest BCUT2D eigenvalue weighted by molar-refractivity contribution is 5.93. The van der Waals surface area contributed by atoms with Gasteiger partial charge in [0.05, 0.1) is 16.9 Å². The van der Waals surface area contributed by atoms with Gasteiger partial charge in [0, 0.05) is 0 Å². The monoisotopic (exact) mass is 267 g/mol. The lowest BCUT2D eigenvalue weighted by Gasteiger charge is -2.09. The van der Waals surface area contributed by atoms with Crippen LogP contribution in [0.1, 0.15) is 5.56 Å². The second-order valence-electron chi connectivity index (χ2n) is 4.03. The number of para-hydroxylation sites is 3. The van der Waals surface area contributed by atoms with Crippen molar-refractivity contribution in [3.8, 4) is 11.8 Å². The molecule has 1 amide bonds. The van der Waals surface area contributed by atoms with Crippen molar-refractivity contribution in [2.75, 3.05) is 17.7 Å². The van der Waals surface area contributed by atoms with Crippen molar-refractivity contribution >= 4 is 17.3 Å². The van der Waals surface area contributed by atoms with Crippen LogP contribution in [0, 0.1) is 11.3 Å². The standard InChI is InChI=1S/C15H13N3O2/c16-9-11-5-1-3-7-13(11)18-15(19)10-20-14-8-4-2-6-12(14)17/h1-8H,10,17H2,(H,18,19). The minimum atomic E-state index is -0.351. The SMILES string of the molecule is N#Cc1ccccc1NC(=O)COc1ccccc1N. The molecule has 0 aromatic heterocycles. The normalized spacial score (nSPS) is 9.55. The van der Waals surface area contributed by atoms with Gasteiger partial charge < -0.3 is 15.8 Å². The van der Waals surface area contributed by atoms with Gasteiger partial charge in [-0.3, -0.25) is 4.79 Å². The van der Waals surface area contributed by atoms with Crippen molar-refractivity contribution in [3.63, 3.8) is 0 Å². The maximum Gasteiger partial charge on any atom is 0.262 e. The van der Waals surface area contributed by atoms with Crippen LogP contribution in [0.2, 0.25) is 0 Å². The number of nitriles is 1. The summed E-state index contributed by atoms with van der Waals surface area (Å²) in [5.74, 6) is 0.104. The van der Waals surface area contributed by atoms with Crippen LogP contribution in [0.5, 0.6) is 5.75 Å². The van der Waals surface area contributed by atoms with Gasteiger partial charge in [0.2, 0.25) is 0 Å². The highest BCUT2D eigenvalue weighted by Crippen LogP contribution is 2.19. The zero-order chi connectivity index (χ0) is 14.4. The quantitative estimate of drug-likeness (QED) is 0.831. The molecule has 2 aromatic rings. The summed E-state index contributed by atoms with van der Waals surface area (Å²) in [7, 11) is 0. The molecule has 0 radical (unpaired) electrons. The van der Waals surface area contributed by atoms with Gasteiger partial charge >= 0.3 is 0 Å². The maximum absolute atomic E-state index is 11.8. The van der Waals surface area contributed by atoms with E-state index in [1.165, 1.54) is 0 Å². The molecule has 20 heavy (non-hydrogen) atoms. The molecule has 2 rings (SSSR count). The summed E-state index contributed by atoms with van der Waals surface area (Å²) < 4.78 is 5.32. The third-order valence-electron chi connectivity index (χ3n) is 2.60. The molecule has 0 atom stereocenters. The Morgan fingerprint density at radius 2 is 1.90 bits per heavy atom. The van der Waals surface area contributed by atoms with Crippen molar-refractivity contribution in [2.45, 2.75) is 0 Å². The van der Waals surface area contributed by atoms with Gasteiger partial charge in [-0.05, 0) is 24.3 Å². The average molecular weight is 267 g/mol. The van der Waals surface area contributed by atoms with Gasteiger partial charge in [-0.25, -0.2) is 0 Å². The Kier molecular flexibility index (Phi) is 4.20. The van der Waals surface area contributed by atoms with E-state index in [0.717, 1.165) is 0 Å². The molecule has 0 aliphatic rings. The summed E-state index contributed by atoms with van der Waals surface area (Å²) >= 11 is 0. The Morgan fingerprint density at radius 3 is 2.65 bits per heavy atom. The highest BCUT2D eigenvalue weighted by Gasteiger charge is 2.07. The molecule has 0 saturated heterocycles. The molecule has 100 valence electrons. The first-order chi connectivity index (χ1) is 9.70. The lowest BCUT2D eigenvalue weighted by atomic mass is 10.2. The van der Waals surface area contributed by atoms with Gasteiger partial charge in [-0.15, -0.1) is 0 Å². The molecule has 0 spiro atoms. The van der Waals surface area contributed by atoms with Gasteiger partial charge in [0.15, 0.2) is 6.61 Å².